The van der Waals surface area contributed by atoms with Crippen LogP contribution >= 0.6 is 0 Å². The summed E-state index contributed by atoms with van der Waals surface area (Å²) in [6, 6.07) is 9.38. The van der Waals surface area contributed by atoms with Crippen molar-refractivity contribution in [3.8, 4) is 11.5 Å². The molecule has 1 saturated carbocycles. The molecule has 1 aliphatic heterocycles. The molecule has 12 heteroatoms. The van der Waals surface area contributed by atoms with Crippen LogP contribution in [0.4, 0.5) is 13.2 Å². The largest absolute Gasteiger partial charge is 0.481 e. The summed E-state index contributed by atoms with van der Waals surface area (Å²) in [6.07, 6.45) is 3.31. The Hall–Kier alpha value is -3.93. The van der Waals surface area contributed by atoms with Crippen molar-refractivity contribution in [2.45, 2.75) is 60.6 Å². The lowest BCUT2D eigenvalue weighted by atomic mass is 9.77. The smallest absolute Gasteiger partial charge is 0.306 e. The lowest BCUT2D eigenvalue weighted by Gasteiger charge is -2.43. The van der Waals surface area contributed by atoms with Crippen LogP contribution in [-0.2, 0) is 30.6 Å². The predicted octanol–water partition coefficient (Wildman–Crippen LogP) is 5.40. The summed E-state index contributed by atoms with van der Waals surface area (Å²) >= 11 is 0. The molecule has 3 aliphatic rings. The SMILES string of the molecule is O=C(O)C1CCC(C(=O)N2CC[C@@]3(S(=O)(=O)c4ccc(F)cc4)c4ccc(Oc5c(F)ccnc5F)cc4CC[C@@H]23)CC1. The van der Waals surface area contributed by atoms with Crippen molar-refractivity contribution in [1.82, 2.24) is 9.88 Å². The van der Waals surface area contributed by atoms with E-state index in [0.29, 0.717) is 49.7 Å². The molecule has 0 radical (unpaired) electrons. The number of benzene rings is 2. The third-order valence-corrected chi connectivity index (χ3v) is 11.8. The van der Waals surface area contributed by atoms with Gasteiger partial charge in [-0.1, -0.05) is 6.07 Å². The summed E-state index contributed by atoms with van der Waals surface area (Å²) in [5.74, 6) is -5.20. The number of halogens is 3. The second kappa shape index (κ2) is 11.0. The maximum absolute atomic E-state index is 14.5. The lowest BCUT2D eigenvalue weighted by molar-refractivity contribution is -0.146. The Labute approximate surface area is 246 Å². The zero-order valence-corrected chi connectivity index (χ0v) is 23.8. The first kappa shape index (κ1) is 29.2. The number of ether oxygens (including phenoxy) is 1. The number of aryl methyl sites for hydroxylation is 1. The highest BCUT2D eigenvalue weighted by Crippen LogP contribution is 2.54. The molecule has 0 bridgehead atoms. The number of aliphatic carboxylic acids is 1. The number of sulfone groups is 1. The third-order valence-electron chi connectivity index (χ3n) is 9.20. The molecule has 226 valence electrons. The van der Waals surface area contributed by atoms with Crippen LogP contribution in [0.2, 0.25) is 0 Å². The molecule has 2 atom stereocenters. The Morgan fingerprint density at radius 1 is 0.953 bits per heavy atom. The Bertz CT molecular complexity index is 1670. The van der Waals surface area contributed by atoms with E-state index < -0.39 is 61.8 Å². The molecule has 2 aromatic carbocycles. The number of amides is 1. The summed E-state index contributed by atoms with van der Waals surface area (Å²) in [4.78, 5) is 30.3. The molecule has 0 spiro atoms. The highest BCUT2D eigenvalue weighted by molar-refractivity contribution is 7.92. The van der Waals surface area contributed by atoms with E-state index in [2.05, 4.69) is 4.98 Å². The fourth-order valence-electron chi connectivity index (χ4n) is 7.09. The number of carboxylic acid groups (broad SMARTS) is 1. The first-order valence-electron chi connectivity index (χ1n) is 14.2. The summed E-state index contributed by atoms with van der Waals surface area (Å²) in [5.41, 5.74) is 1.05. The summed E-state index contributed by atoms with van der Waals surface area (Å²) in [6.45, 7) is 0.173. The van der Waals surface area contributed by atoms with Gasteiger partial charge in [0.15, 0.2) is 15.7 Å². The zero-order valence-electron chi connectivity index (χ0n) is 23.0. The Morgan fingerprint density at radius 3 is 2.33 bits per heavy atom. The molecule has 2 heterocycles. The van der Waals surface area contributed by atoms with Crippen LogP contribution in [-0.4, -0.2) is 47.9 Å². The van der Waals surface area contributed by atoms with E-state index in [-0.39, 0.29) is 29.5 Å². The van der Waals surface area contributed by atoms with E-state index in [0.717, 1.165) is 24.4 Å². The molecule has 6 rings (SSSR count). The van der Waals surface area contributed by atoms with Gasteiger partial charge in [0.05, 0.1) is 16.9 Å². The van der Waals surface area contributed by atoms with Gasteiger partial charge in [0.1, 0.15) is 16.3 Å². The van der Waals surface area contributed by atoms with Gasteiger partial charge < -0.3 is 14.7 Å². The first-order chi connectivity index (χ1) is 20.5. The molecule has 43 heavy (non-hydrogen) atoms. The van der Waals surface area contributed by atoms with Gasteiger partial charge in [-0.25, -0.2) is 22.2 Å². The van der Waals surface area contributed by atoms with Crippen LogP contribution < -0.4 is 4.74 Å². The predicted molar refractivity (Wildman–Crippen MR) is 147 cm³/mol. The molecule has 3 aromatic rings. The van der Waals surface area contributed by atoms with E-state index in [9.17, 15) is 36.3 Å². The molecular formula is C31H29F3N2O6S. The van der Waals surface area contributed by atoms with Gasteiger partial charge in [0.25, 0.3) is 5.95 Å². The maximum atomic E-state index is 14.5. The Balaban J connectivity index is 1.39. The van der Waals surface area contributed by atoms with Gasteiger partial charge in [-0.3, -0.25) is 9.59 Å². The highest BCUT2D eigenvalue weighted by atomic mass is 32.2. The summed E-state index contributed by atoms with van der Waals surface area (Å²) in [7, 11) is -4.20. The van der Waals surface area contributed by atoms with Crippen molar-refractivity contribution in [1.29, 1.82) is 0 Å². The molecular weight excluding hydrogens is 585 g/mol. The Morgan fingerprint density at radius 2 is 1.65 bits per heavy atom. The van der Waals surface area contributed by atoms with Crippen molar-refractivity contribution in [3.63, 3.8) is 0 Å². The van der Waals surface area contributed by atoms with Crippen molar-refractivity contribution in [3.05, 3.63) is 83.4 Å². The number of aromatic nitrogens is 1. The number of likely N-dealkylation sites (tertiary alicyclic amines) is 1. The second-order valence-corrected chi connectivity index (χ2v) is 13.6. The number of hydrogen-bond donors (Lipinski definition) is 1. The molecule has 1 saturated heterocycles. The lowest BCUT2D eigenvalue weighted by Crippen LogP contribution is -2.53. The number of fused-ring (bicyclic) bond motifs is 3. The number of nitrogens with zero attached hydrogens (tertiary/aromatic N) is 2. The number of pyridine rings is 1. The third kappa shape index (κ3) is 4.85. The highest BCUT2D eigenvalue weighted by Gasteiger charge is 2.61. The van der Waals surface area contributed by atoms with E-state index in [1.54, 1.807) is 17.0 Å². The van der Waals surface area contributed by atoms with Crippen molar-refractivity contribution < 1.29 is 41.0 Å². The van der Waals surface area contributed by atoms with Crippen LogP contribution in [0.3, 0.4) is 0 Å². The van der Waals surface area contributed by atoms with Gasteiger partial charge in [0.2, 0.25) is 11.7 Å². The van der Waals surface area contributed by atoms with E-state index in [4.69, 9.17) is 4.74 Å². The quantitative estimate of drug-likeness (QED) is 0.292. The first-order valence-corrected chi connectivity index (χ1v) is 15.7. The maximum Gasteiger partial charge on any atom is 0.306 e. The number of hydrogen-bond acceptors (Lipinski definition) is 6. The number of carbonyl (C=O) groups excluding carboxylic acids is 1. The molecule has 0 unspecified atom stereocenters. The van der Waals surface area contributed by atoms with Gasteiger partial charge >= 0.3 is 5.97 Å². The van der Waals surface area contributed by atoms with Crippen LogP contribution in [0, 0.1) is 29.4 Å². The van der Waals surface area contributed by atoms with Crippen LogP contribution in [0.25, 0.3) is 0 Å². The van der Waals surface area contributed by atoms with Gasteiger partial charge in [-0.15, -0.1) is 0 Å². The van der Waals surface area contributed by atoms with E-state index in [1.165, 1.54) is 18.2 Å². The topological polar surface area (TPSA) is 114 Å². The monoisotopic (exact) mass is 614 g/mol. The number of carboxylic acids is 1. The van der Waals surface area contributed by atoms with Crippen LogP contribution in [0.1, 0.15) is 49.7 Å². The van der Waals surface area contributed by atoms with Crippen LogP contribution in [0.5, 0.6) is 11.5 Å². The second-order valence-electron chi connectivity index (χ2n) is 11.4. The number of carbonyl (C=O) groups is 2. The van der Waals surface area contributed by atoms with Gasteiger partial charge in [-0.05, 0) is 98.5 Å². The molecule has 1 amide bonds. The average molecular weight is 615 g/mol. The van der Waals surface area contributed by atoms with Gasteiger partial charge in [0, 0.05) is 18.7 Å². The summed E-state index contributed by atoms with van der Waals surface area (Å²) < 4.78 is 75.2. The van der Waals surface area contributed by atoms with Crippen molar-refractivity contribution in [2.24, 2.45) is 11.8 Å². The number of rotatable bonds is 6. The van der Waals surface area contributed by atoms with E-state index in [1.807, 2.05) is 0 Å². The molecule has 1 N–H and O–H groups in total. The molecule has 2 fully saturated rings. The van der Waals surface area contributed by atoms with Gasteiger partial charge in [-0.2, -0.15) is 4.39 Å². The normalized spacial score (nSPS) is 25.1. The average Bonchev–Trinajstić information content (AvgIpc) is 3.40. The van der Waals surface area contributed by atoms with E-state index >= 15 is 0 Å². The minimum atomic E-state index is -4.20. The summed E-state index contributed by atoms with van der Waals surface area (Å²) in [5, 5.41) is 9.37. The van der Waals surface area contributed by atoms with Crippen molar-refractivity contribution in [2.75, 3.05) is 6.54 Å². The zero-order chi connectivity index (χ0) is 30.5. The minimum absolute atomic E-state index is 0.0807. The van der Waals surface area contributed by atoms with Crippen molar-refractivity contribution >= 4 is 21.7 Å². The molecule has 1 aromatic heterocycles. The fourth-order valence-corrected chi connectivity index (χ4v) is 9.45. The van der Waals surface area contributed by atoms with Crippen LogP contribution in [0.15, 0.2) is 59.6 Å². The minimum Gasteiger partial charge on any atom is -0.481 e. The molecule has 8 nitrogen and oxygen atoms in total. The Kier molecular flexibility index (Phi) is 7.44. The molecule has 2 aliphatic carbocycles. The standard InChI is InChI=1S/C31H29F3N2O6S/c32-21-6-9-23(10-7-21)43(40,41)31-14-16-36(29(37)18-1-3-19(4-2-18)30(38)39)26(31)12-5-20-17-22(8-11-24(20)31)42-27-25(33)13-15-35-28(27)34/h6-11,13,15,17-19,26H,1-5,12,14,16H2,(H,38,39)/t18?,19?,26-,31-/m1/s1. The fraction of sp³-hybridized carbons (Fsp3) is 0.387.